The molecule has 0 saturated carbocycles. The number of hydrogen-bond acceptors (Lipinski definition) is 4. The number of rotatable bonds is 5. The zero-order valence-corrected chi connectivity index (χ0v) is 23.8. The molecule has 0 spiro atoms. The van der Waals surface area contributed by atoms with E-state index in [1.807, 2.05) is 0 Å². The normalized spacial score (nSPS) is 17.6. The molecule has 0 fully saturated rings. The molecule has 0 saturated heterocycles. The standard InChI is InChI=1S/C26H39N3O4SSi/c1-25(2,3)35(6,7)29-34(32,22-15-19(16-33-22)26(4,5)31)28-24(30)27-23-20-12-8-10-17(20)14-18-11-9-13-21(18)23/h14-16,31H,8-13H2,1-7H3,(H2,27,28,29,30,32). The van der Waals surface area contributed by atoms with Gasteiger partial charge in [0, 0.05) is 17.3 Å². The van der Waals surface area contributed by atoms with Gasteiger partial charge in [0.1, 0.15) is 8.24 Å². The summed E-state index contributed by atoms with van der Waals surface area (Å²) in [4.78, 5) is 13.4. The molecular weight excluding hydrogens is 478 g/mol. The number of hydrogen-bond donors (Lipinski definition) is 3. The number of aryl methyl sites for hydroxylation is 2. The maximum absolute atomic E-state index is 14.4. The SMILES string of the molecule is CC(C)(O)c1coc(S(=O)(=NC(=O)Nc2c3c(cc4c2CCC4)CCC3)N[Si](C)(C)C(C)(C)C)c1. The van der Waals surface area contributed by atoms with Gasteiger partial charge in [-0.1, -0.05) is 39.9 Å². The van der Waals surface area contributed by atoms with E-state index in [4.69, 9.17) is 4.42 Å². The predicted molar refractivity (Wildman–Crippen MR) is 143 cm³/mol. The molecular formula is C26H39N3O4SSi. The first kappa shape index (κ1) is 26.1. The first-order valence-electron chi connectivity index (χ1n) is 12.5. The van der Waals surface area contributed by atoms with Crippen LogP contribution >= 0.6 is 0 Å². The lowest BCUT2D eigenvalue weighted by atomic mass is 9.99. The lowest BCUT2D eigenvalue weighted by Crippen LogP contribution is -2.54. The average molecular weight is 518 g/mol. The van der Waals surface area contributed by atoms with E-state index in [-0.39, 0.29) is 10.1 Å². The highest BCUT2D eigenvalue weighted by Crippen LogP contribution is 2.39. The van der Waals surface area contributed by atoms with E-state index in [0.717, 1.165) is 44.2 Å². The fraction of sp³-hybridized carbons (Fsp3) is 0.577. The summed E-state index contributed by atoms with van der Waals surface area (Å²) in [7, 11) is -5.82. The van der Waals surface area contributed by atoms with Crippen LogP contribution in [0.3, 0.4) is 0 Å². The number of furan rings is 1. The fourth-order valence-electron chi connectivity index (χ4n) is 4.61. The molecule has 192 valence electrons. The first-order valence-corrected chi connectivity index (χ1v) is 17.0. The summed E-state index contributed by atoms with van der Waals surface area (Å²) < 4.78 is 27.6. The van der Waals surface area contributed by atoms with Gasteiger partial charge < -0.3 is 14.8 Å². The molecule has 1 aromatic carbocycles. The highest BCUT2D eigenvalue weighted by Gasteiger charge is 2.40. The van der Waals surface area contributed by atoms with E-state index < -0.39 is 29.8 Å². The van der Waals surface area contributed by atoms with Gasteiger partial charge in [-0.3, -0.25) is 0 Å². The van der Waals surface area contributed by atoms with Crippen LogP contribution in [0, 0.1) is 0 Å². The van der Waals surface area contributed by atoms with Crippen LogP contribution in [0.4, 0.5) is 10.5 Å². The van der Waals surface area contributed by atoms with Gasteiger partial charge in [0.15, 0.2) is 9.92 Å². The maximum Gasteiger partial charge on any atom is 0.354 e. The van der Waals surface area contributed by atoms with Crippen molar-refractivity contribution in [2.24, 2.45) is 4.36 Å². The van der Waals surface area contributed by atoms with Gasteiger partial charge in [-0.25, -0.2) is 13.4 Å². The third kappa shape index (κ3) is 5.14. The Hall–Kier alpha value is -1.94. The Morgan fingerprint density at radius 1 is 1.03 bits per heavy atom. The van der Waals surface area contributed by atoms with E-state index in [9.17, 15) is 14.1 Å². The number of nitrogens with one attached hydrogen (secondary N) is 2. The van der Waals surface area contributed by atoms with Crippen LogP contribution in [0.15, 0.2) is 32.3 Å². The maximum atomic E-state index is 14.4. The summed E-state index contributed by atoms with van der Waals surface area (Å²) >= 11 is 0. The van der Waals surface area contributed by atoms with Crippen molar-refractivity contribution in [3.63, 3.8) is 0 Å². The van der Waals surface area contributed by atoms with Crippen molar-refractivity contribution in [3.05, 3.63) is 46.2 Å². The molecule has 1 unspecified atom stereocenters. The van der Waals surface area contributed by atoms with Crippen molar-refractivity contribution in [3.8, 4) is 0 Å². The second-order valence-corrected chi connectivity index (χ2v) is 19.2. The lowest BCUT2D eigenvalue weighted by molar-refractivity contribution is 0.0779. The highest BCUT2D eigenvalue weighted by atomic mass is 32.2. The molecule has 2 amide bonds. The van der Waals surface area contributed by atoms with Crippen LogP contribution < -0.4 is 9.70 Å². The van der Waals surface area contributed by atoms with Crippen molar-refractivity contribution in [1.82, 2.24) is 4.39 Å². The Kier molecular flexibility index (Phi) is 6.62. The third-order valence-corrected chi connectivity index (χ3v) is 15.8. The molecule has 1 atom stereocenters. The predicted octanol–water partition coefficient (Wildman–Crippen LogP) is 6.05. The second kappa shape index (κ2) is 8.87. The number of aliphatic hydroxyl groups is 1. The molecule has 1 aromatic heterocycles. The number of benzene rings is 1. The molecule has 2 aromatic rings. The van der Waals surface area contributed by atoms with Crippen LogP contribution in [-0.4, -0.2) is 23.6 Å². The van der Waals surface area contributed by atoms with Gasteiger partial charge in [-0.05, 0) is 79.7 Å². The number of carbonyl (C=O) groups excluding carboxylic acids is 1. The van der Waals surface area contributed by atoms with Gasteiger partial charge in [0.05, 0.1) is 11.9 Å². The molecule has 3 N–H and O–H groups in total. The largest absolute Gasteiger partial charge is 0.453 e. The van der Waals surface area contributed by atoms with Crippen LogP contribution in [0.2, 0.25) is 18.1 Å². The highest BCUT2D eigenvalue weighted by molar-refractivity contribution is 7.93. The summed E-state index contributed by atoms with van der Waals surface area (Å²) in [5.74, 6) is 0. The summed E-state index contributed by atoms with van der Waals surface area (Å²) in [6.45, 7) is 13.7. The lowest BCUT2D eigenvalue weighted by Gasteiger charge is -2.37. The van der Waals surface area contributed by atoms with E-state index in [0.29, 0.717) is 5.56 Å². The zero-order valence-electron chi connectivity index (χ0n) is 22.0. The summed E-state index contributed by atoms with van der Waals surface area (Å²) in [6, 6.07) is 3.20. The first-order chi connectivity index (χ1) is 16.1. The Balaban J connectivity index is 1.77. The molecule has 2 aliphatic rings. The van der Waals surface area contributed by atoms with Gasteiger partial charge in [0.25, 0.3) is 0 Å². The van der Waals surface area contributed by atoms with Crippen LogP contribution in [0.1, 0.15) is 75.3 Å². The Labute approximate surface area is 210 Å². The van der Waals surface area contributed by atoms with E-state index in [1.165, 1.54) is 34.6 Å². The Bertz CT molecular complexity index is 1240. The molecule has 35 heavy (non-hydrogen) atoms. The van der Waals surface area contributed by atoms with E-state index in [2.05, 4.69) is 54.0 Å². The number of carbonyl (C=O) groups is 1. The second-order valence-electron chi connectivity index (χ2n) is 12.0. The van der Waals surface area contributed by atoms with Gasteiger partial charge in [-0.15, -0.1) is 4.36 Å². The smallest absolute Gasteiger partial charge is 0.354 e. The quantitative estimate of drug-likeness (QED) is 0.420. The van der Waals surface area contributed by atoms with Crippen molar-refractivity contribution in [2.75, 3.05) is 5.32 Å². The van der Waals surface area contributed by atoms with Gasteiger partial charge in [-0.2, -0.15) is 0 Å². The Morgan fingerprint density at radius 2 is 1.60 bits per heavy atom. The summed E-state index contributed by atoms with van der Waals surface area (Å²) in [5, 5.41) is 13.3. The monoisotopic (exact) mass is 517 g/mol. The molecule has 0 aliphatic heterocycles. The van der Waals surface area contributed by atoms with Crippen LogP contribution in [0.5, 0.6) is 0 Å². The molecule has 2 aliphatic carbocycles. The minimum Gasteiger partial charge on any atom is -0.453 e. The van der Waals surface area contributed by atoms with Crippen LogP contribution in [0.25, 0.3) is 0 Å². The van der Waals surface area contributed by atoms with Crippen LogP contribution in [-0.2, 0) is 41.2 Å². The number of amides is 2. The van der Waals surface area contributed by atoms with Gasteiger partial charge >= 0.3 is 6.03 Å². The number of fused-ring (bicyclic) bond motifs is 2. The topological polar surface area (TPSA) is 104 Å². The van der Waals surface area contributed by atoms with Crippen molar-refractivity contribution < 1.29 is 18.5 Å². The van der Waals surface area contributed by atoms with Crippen molar-refractivity contribution in [2.45, 2.75) is 102 Å². The zero-order chi connectivity index (χ0) is 25.8. The molecule has 9 heteroatoms. The minimum atomic E-state index is -3.45. The number of urea groups is 1. The minimum absolute atomic E-state index is 0.0538. The summed E-state index contributed by atoms with van der Waals surface area (Å²) in [6.07, 6.45) is 7.46. The molecule has 7 nitrogen and oxygen atoms in total. The molecule has 1 heterocycles. The van der Waals surface area contributed by atoms with Gasteiger partial charge in [0.2, 0.25) is 5.09 Å². The number of anilines is 1. The van der Waals surface area contributed by atoms with Crippen molar-refractivity contribution in [1.29, 1.82) is 0 Å². The number of nitrogens with zero attached hydrogens (tertiary/aromatic N) is 1. The fourth-order valence-corrected chi connectivity index (χ4v) is 10.0. The third-order valence-electron chi connectivity index (χ3n) is 7.74. The Morgan fingerprint density at radius 3 is 2.09 bits per heavy atom. The summed E-state index contributed by atoms with van der Waals surface area (Å²) in [5.41, 5.74) is 5.18. The molecule has 0 bridgehead atoms. The van der Waals surface area contributed by atoms with E-state index >= 15 is 0 Å². The molecule has 4 rings (SSSR count). The molecule has 0 radical (unpaired) electrons. The van der Waals surface area contributed by atoms with Crippen molar-refractivity contribution >= 4 is 29.9 Å². The van der Waals surface area contributed by atoms with E-state index in [1.54, 1.807) is 13.8 Å². The average Bonchev–Trinajstić information content (AvgIpc) is 3.46.